The molecule has 2 rings (SSSR count). The van der Waals surface area contributed by atoms with Gasteiger partial charge < -0.3 is 10.6 Å². The van der Waals surface area contributed by atoms with Crippen molar-refractivity contribution in [3.63, 3.8) is 0 Å². The molecule has 21 heavy (non-hydrogen) atoms. The van der Waals surface area contributed by atoms with Crippen molar-refractivity contribution < 1.29 is 4.79 Å². The van der Waals surface area contributed by atoms with Crippen LogP contribution < -0.4 is 10.6 Å². The van der Waals surface area contributed by atoms with E-state index in [1.807, 2.05) is 25.1 Å². The molecule has 1 aromatic carbocycles. The summed E-state index contributed by atoms with van der Waals surface area (Å²) in [5.74, 6) is 0.675. The van der Waals surface area contributed by atoms with Gasteiger partial charge in [-0.1, -0.05) is 31.2 Å². The van der Waals surface area contributed by atoms with Crippen LogP contribution in [0.3, 0.4) is 0 Å². The zero-order valence-electron chi connectivity index (χ0n) is 12.5. The van der Waals surface area contributed by atoms with Crippen LogP contribution in [0.4, 0.5) is 5.82 Å². The number of rotatable bonds is 6. The summed E-state index contributed by atoms with van der Waals surface area (Å²) >= 11 is 0. The van der Waals surface area contributed by atoms with Crippen molar-refractivity contribution in [2.45, 2.75) is 26.8 Å². The number of aryl methyl sites for hydroxylation is 1. The van der Waals surface area contributed by atoms with E-state index in [1.54, 1.807) is 12.3 Å². The summed E-state index contributed by atoms with van der Waals surface area (Å²) in [5, 5.41) is 6.00. The number of hydrogen-bond acceptors (Lipinski definition) is 3. The fourth-order valence-electron chi connectivity index (χ4n) is 1.99. The summed E-state index contributed by atoms with van der Waals surface area (Å²) < 4.78 is 0. The second-order valence-electron chi connectivity index (χ2n) is 4.82. The minimum atomic E-state index is -0.106. The molecule has 1 aromatic heterocycles. The largest absolute Gasteiger partial charge is 0.370 e. The summed E-state index contributed by atoms with van der Waals surface area (Å²) in [6, 6.07) is 11.9. The topological polar surface area (TPSA) is 54.0 Å². The van der Waals surface area contributed by atoms with Crippen LogP contribution in [0.5, 0.6) is 0 Å². The third-order valence-electron chi connectivity index (χ3n) is 3.27. The monoisotopic (exact) mass is 283 g/mol. The van der Waals surface area contributed by atoms with Crippen molar-refractivity contribution in [3.05, 3.63) is 59.3 Å². The molecule has 0 aliphatic carbocycles. The number of pyridine rings is 1. The van der Waals surface area contributed by atoms with Crippen molar-refractivity contribution in [3.8, 4) is 0 Å². The molecule has 0 bridgehead atoms. The zero-order valence-corrected chi connectivity index (χ0v) is 12.5. The third kappa shape index (κ3) is 4.31. The Balaban J connectivity index is 1.91. The Bertz CT molecular complexity index is 576. The van der Waals surface area contributed by atoms with Gasteiger partial charge in [0.2, 0.25) is 0 Å². The second kappa shape index (κ2) is 7.43. The van der Waals surface area contributed by atoms with Gasteiger partial charge in [-0.2, -0.15) is 0 Å². The summed E-state index contributed by atoms with van der Waals surface area (Å²) in [7, 11) is 0. The van der Waals surface area contributed by atoms with E-state index in [1.165, 1.54) is 5.56 Å². The predicted octanol–water partition coefficient (Wildman–Crippen LogP) is 3.01. The van der Waals surface area contributed by atoms with Crippen LogP contribution in [-0.4, -0.2) is 17.4 Å². The fraction of sp³-hybridized carbons (Fsp3) is 0.294. The number of benzene rings is 1. The molecular weight excluding hydrogens is 262 g/mol. The van der Waals surface area contributed by atoms with Crippen molar-refractivity contribution >= 4 is 11.7 Å². The van der Waals surface area contributed by atoms with E-state index in [4.69, 9.17) is 0 Å². The molecule has 0 aliphatic rings. The van der Waals surface area contributed by atoms with Gasteiger partial charge in [-0.05, 0) is 36.6 Å². The number of amides is 1. The normalized spacial score (nSPS) is 10.2. The molecule has 2 N–H and O–H groups in total. The Labute approximate surface area is 125 Å². The lowest BCUT2D eigenvalue weighted by molar-refractivity contribution is 0.0950. The van der Waals surface area contributed by atoms with Crippen molar-refractivity contribution in [2.75, 3.05) is 11.9 Å². The smallest absolute Gasteiger partial charge is 0.253 e. The van der Waals surface area contributed by atoms with Crippen molar-refractivity contribution in [1.29, 1.82) is 0 Å². The van der Waals surface area contributed by atoms with E-state index in [0.717, 1.165) is 24.3 Å². The molecule has 0 aliphatic heterocycles. The standard InChI is InChI=1S/C17H21N3O/c1-3-13-5-7-14(8-6-13)11-20-17(21)15-9-10-16(18-4-2)19-12-15/h5-10,12H,3-4,11H2,1-2H3,(H,18,19)(H,20,21). The number of carbonyl (C=O) groups is 1. The molecule has 0 atom stereocenters. The molecule has 0 unspecified atom stereocenters. The van der Waals surface area contributed by atoms with Crippen LogP contribution >= 0.6 is 0 Å². The average Bonchev–Trinajstić information content (AvgIpc) is 2.54. The molecule has 110 valence electrons. The summed E-state index contributed by atoms with van der Waals surface area (Å²) in [6.07, 6.45) is 2.62. The van der Waals surface area contributed by atoms with Crippen LogP contribution in [0.15, 0.2) is 42.6 Å². The molecule has 1 heterocycles. The molecular formula is C17H21N3O. The van der Waals surface area contributed by atoms with Gasteiger partial charge in [-0.25, -0.2) is 4.98 Å². The number of nitrogens with one attached hydrogen (secondary N) is 2. The van der Waals surface area contributed by atoms with E-state index in [-0.39, 0.29) is 5.91 Å². The Kier molecular flexibility index (Phi) is 5.32. The van der Waals surface area contributed by atoms with Gasteiger partial charge in [0.05, 0.1) is 5.56 Å². The molecule has 1 amide bonds. The number of anilines is 1. The minimum Gasteiger partial charge on any atom is -0.370 e. The first-order valence-corrected chi connectivity index (χ1v) is 7.29. The zero-order chi connectivity index (χ0) is 15.1. The fourth-order valence-corrected chi connectivity index (χ4v) is 1.99. The van der Waals surface area contributed by atoms with E-state index in [0.29, 0.717) is 12.1 Å². The lowest BCUT2D eigenvalue weighted by atomic mass is 10.1. The first kappa shape index (κ1) is 15.0. The van der Waals surface area contributed by atoms with Gasteiger partial charge in [-0.15, -0.1) is 0 Å². The van der Waals surface area contributed by atoms with E-state index in [9.17, 15) is 4.79 Å². The number of carbonyl (C=O) groups excluding carboxylic acids is 1. The van der Waals surface area contributed by atoms with Crippen LogP contribution in [0.25, 0.3) is 0 Å². The van der Waals surface area contributed by atoms with E-state index in [2.05, 4.69) is 34.7 Å². The minimum absolute atomic E-state index is 0.106. The maximum absolute atomic E-state index is 12.0. The molecule has 4 nitrogen and oxygen atoms in total. The Hall–Kier alpha value is -2.36. The highest BCUT2D eigenvalue weighted by Crippen LogP contribution is 2.07. The maximum atomic E-state index is 12.0. The molecule has 4 heteroatoms. The van der Waals surface area contributed by atoms with Gasteiger partial charge in [0.1, 0.15) is 5.82 Å². The first-order chi connectivity index (χ1) is 10.2. The number of aromatic nitrogens is 1. The summed E-state index contributed by atoms with van der Waals surface area (Å²) in [5.41, 5.74) is 2.97. The van der Waals surface area contributed by atoms with Gasteiger partial charge in [0, 0.05) is 19.3 Å². The number of hydrogen-bond donors (Lipinski definition) is 2. The molecule has 0 saturated heterocycles. The Morgan fingerprint density at radius 1 is 1.05 bits per heavy atom. The molecule has 2 aromatic rings. The van der Waals surface area contributed by atoms with Crippen LogP contribution in [0.1, 0.15) is 35.3 Å². The first-order valence-electron chi connectivity index (χ1n) is 7.29. The van der Waals surface area contributed by atoms with Gasteiger partial charge in [0.25, 0.3) is 5.91 Å². The van der Waals surface area contributed by atoms with Gasteiger partial charge >= 0.3 is 0 Å². The quantitative estimate of drug-likeness (QED) is 0.857. The highest BCUT2D eigenvalue weighted by molar-refractivity contribution is 5.93. The summed E-state index contributed by atoms with van der Waals surface area (Å²) in [4.78, 5) is 16.2. The molecule has 0 radical (unpaired) electrons. The van der Waals surface area contributed by atoms with E-state index >= 15 is 0 Å². The van der Waals surface area contributed by atoms with Crippen molar-refractivity contribution in [2.24, 2.45) is 0 Å². The van der Waals surface area contributed by atoms with Crippen LogP contribution in [0.2, 0.25) is 0 Å². The lowest BCUT2D eigenvalue weighted by Gasteiger charge is -2.07. The summed E-state index contributed by atoms with van der Waals surface area (Å²) in [6.45, 7) is 5.47. The lowest BCUT2D eigenvalue weighted by Crippen LogP contribution is -2.23. The Morgan fingerprint density at radius 3 is 2.33 bits per heavy atom. The SMILES string of the molecule is CCNc1ccc(C(=O)NCc2ccc(CC)cc2)cn1. The van der Waals surface area contributed by atoms with Crippen molar-refractivity contribution in [1.82, 2.24) is 10.3 Å². The van der Waals surface area contributed by atoms with E-state index < -0.39 is 0 Å². The molecule has 0 saturated carbocycles. The van der Waals surface area contributed by atoms with Gasteiger partial charge in [0.15, 0.2) is 0 Å². The third-order valence-corrected chi connectivity index (χ3v) is 3.27. The number of nitrogens with zero attached hydrogens (tertiary/aromatic N) is 1. The van der Waals surface area contributed by atoms with Crippen LogP contribution in [0, 0.1) is 0 Å². The second-order valence-corrected chi connectivity index (χ2v) is 4.82. The highest BCUT2D eigenvalue weighted by Gasteiger charge is 2.05. The molecule has 0 fully saturated rings. The molecule has 0 spiro atoms. The Morgan fingerprint density at radius 2 is 1.76 bits per heavy atom. The highest BCUT2D eigenvalue weighted by atomic mass is 16.1. The predicted molar refractivity (Wildman–Crippen MR) is 85.4 cm³/mol. The van der Waals surface area contributed by atoms with Crippen LogP contribution in [-0.2, 0) is 13.0 Å². The average molecular weight is 283 g/mol. The maximum Gasteiger partial charge on any atom is 0.253 e. The van der Waals surface area contributed by atoms with Gasteiger partial charge in [-0.3, -0.25) is 4.79 Å².